The summed E-state index contributed by atoms with van der Waals surface area (Å²) in [5.74, 6) is -0.430. The number of hydrogen-bond acceptors (Lipinski definition) is 6. The van der Waals surface area contributed by atoms with E-state index in [1.807, 2.05) is 30.3 Å². The number of carbonyl (C=O) groups excluding carboxylic acids is 2. The van der Waals surface area contributed by atoms with E-state index in [-0.39, 0.29) is 15.5 Å². The smallest absolute Gasteiger partial charge is 0.340 e. The van der Waals surface area contributed by atoms with Crippen molar-refractivity contribution in [3.8, 4) is 0 Å². The van der Waals surface area contributed by atoms with Crippen molar-refractivity contribution in [3.05, 3.63) is 59.1 Å². The molecular weight excluding hydrogens is 472 g/mol. The number of carbonyl (C=O) groups is 2. The average molecular weight is 497 g/mol. The highest BCUT2D eigenvalue weighted by Crippen LogP contribution is 2.25. The molecule has 0 radical (unpaired) electrons. The Morgan fingerprint density at radius 2 is 1.81 bits per heavy atom. The summed E-state index contributed by atoms with van der Waals surface area (Å²) in [5, 5.41) is 2.76. The van der Waals surface area contributed by atoms with E-state index in [1.165, 1.54) is 27.4 Å². The van der Waals surface area contributed by atoms with E-state index in [2.05, 4.69) is 5.32 Å². The van der Waals surface area contributed by atoms with Crippen molar-refractivity contribution in [2.75, 3.05) is 32.0 Å². The lowest BCUT2D eigenvalue weighted by molar-refractivity contribution is -0.124. The predicted octanol–water partition coefficient (Wildman–Crippen LogP) is 3.58. The number of thioether (sulfide) groups is 1. The third-order valence-corrected chi connectivity index (χ3v) is 8.17. The monoisotopic (exact) mass is 496 g/mol. The molecule has 1 aliphatic heterocycles. The van der Waals surface area contributed by atoms with Gasteiger partial charge in [0.25, 0.3) is 5.91 Å². The molecule has 0 spiro atoms. The number of hydrogen-bond donors (Lipinski definition) is 1. The Morgan fingerprint density at radius 3 is 2.53 bits per heavy atom. The van der Waals surface area contributed by atoms with Gasteiger partial charge < -0.3 is 10.1 Å². The van der Waals surface area contributed by atoms with Crippen molar-refractivity contribution in [3.63, 3.8) is 0 Å². The first-order valence-corrected chi connectivity index (χ1v) is 13.1. The van der Waals surface area contributed by atoms with Crippen LogP contribution in [-0.2, 0) is 19.6 Å². The van der Waals surface area contributed by atoms with E-state index < -0.39 is 28.5 Å². The summed E-state index contributed by atoms with van der Waals surface area (Å²) in [5.41, 5.74) is -0.0843. The second kappa shape index (κ2) is 11.7. The van der Waals surface area contributed by atoms with Crippen molar-refractivity contribution in [2.24, 2.45) is 0 Å². The summed E-state index contributed by atoms with van der Waals surface area (Å²) >= 11 is 7.77. The van der Waals surface area contributed by atoms with E-state index in [1.54, 1.807) is 11.8 Å². The van der Waals surface area contributed by atoms with Crippen LogP contribution in [0.2, 0.25) is 5.02 Å². The van der Waals surface area contributed by atoms with E-state index in [0.717, 1.165) is 25.0 Å². The van der Waals surface area contributed by atoms with E-state index in [9.17, 15) is 18.0 Å². The number of benzene rings is 2. The number of amides is 1. The average Bonchev–Trinajstić information content (AvgIpc) is 3.34. The van der Waals surface area contributed by atoms with Gasteiger partial charge in [0, 0.05) is 24.5 Å². The van der Waals surface area contributed by atoms with Gasteiger partial charge in [0.2, 0.25) is 10.0 Å². The number of nitrogens with zero attached hydrogens (tertiary/aromatic N) is 1. The highest BCUT2D eigenvalue weighted by molar-refractivity contribution is 7.99. The van der Waals surface area contributed by atoms with E-state index in [4.69, 9.17) is 16.3 Å². The molecular formula is C22H25ClN2O5S2. The zero-order valence-electron chi connectivity index (χ0n) is 17.5. The quantitative estimate of drug-likeness (QED) is 0.307. The highest BCUT2D eigenvalue weighted by atomic mass is 35.5. The summed E-state index contributed by atoms with van der Waals surface area (Å²) in [6.45, 7) is 0.897. The first-order chi connectivity index (χ1) is 15.4. The molecule has 7 nitrogen and oxygen atoms in total. The number of ether oxygens (including phenoxy) is 1. The molecule has 1 N–H and O–H groups in total. The normalized spacial score (nSPS) is 14.3. The largest absolute Gasteiger partial charge is 0.452 e. The first-order valence-electron chi connectivity index (χ1n) is 10.3. The Bertz CT molecular complexity index is 1040. The summed E-state index contributed by atoms with van der Waals surface area (Å²) in [4.78, 5) is 25.5. The molecule has 0 aliphatic carbocycles. The zero-order valence-corrected chi connectivity index (χ0v) is 19.8. The van der Waals surface area contributed by atoms with Gasteiger partial charge in [0.15, 0.2) is 6.61 Å². The Labute approximate surface area is 197 Å². The van der Waals surface area contributed by atoms with Gasteiger partial charge in [-0.25, -0.2) is 13.2 Å². The van der Waals surface area contributed by atoms with Crippen LogP contribution in [0.25, 0.3) is 0 Å². The second-order valence-corrected chi connectivity index (χ2v) is 10.7. The Balaban J connectivity index is 1.46. The third kappa shape index (κ3) is 6.71. The van der Waals surface area contributed by atoms with Crippen LogP contribution < -0.4 is 5.32 Å². The fourth-order valence-corrected chi connectivity index (χ4v) is 5.78. The molecule has 172 valence electrons. The minimum atomic E-state index is -3.69. The van der Waals surface area contributed by atoms with Gasteiger partial charge in [-0.2, -0.15) is 4.31 Å². The molecule has 0 atom stereocenters. The van der Waals surface area contributed by atoms with Crippen molar-refractivity contribution in [1.82, 2.24) is 9.62 Å². The Kier molecular flexibility index (Phi) is 8.98. The molecule has 0 bridgehead atoms. The molecule has 3 rings (SSSR count). The number of sulfonamides is 1. The van der Waals surface area contributed by atoms with Crippen LogP contribution in [-0.4, -0.2) is 56.6 Å². The Hall–Kier alpha value is -2.07. The van der Waals surface area contributed by atoms with Gasteiger partial charge in [0.05, 0.1) is 15.5 Å². The van der Waals surface area contributed by atoms with E-state index in [0.29, 0.717) is 19.6 Å². The van der Waals surface area contributed by atoms with Gasteiger partial charge in [0.1, 0.15) is 0 Å². The molecule has 1 heterocycles. The molecule has 0 aromatic heterocycles. The molecule has 10 heteroatoms. The molecule has 2 aromatic rings. The number of rotatable bonds is 10. The number of nitrogens with one attached hydrogen (secondary N) is 1. The second-order valence-electron chi connectivity index (χ2n) is 7.19. The van der Waals surface area contributed by atoms with Crippen LogP contribution in [0.4, 0.5) is 0 Å². The molecule has 1 amide bonds. The maximum absolute atomic E-state index is 12.7. The fourth-order valence-electron chi connectivity index (χ4n) is 3.17. The van der Waals surface area contributed by atoms with E-state index >= 15 is 0 Å². The SMILES string of the molecule is O=C(COC(=O)c1cc(S(=O)(=O)N2CCCC2)ccc1Cl)NCCCSc1ccccc1. The van der Waals surface area contributed by atoms with Gasteiger partial charge in [-0.15, -0.1) is 11.8 Å². The molecule has 0 saturated carbocycles. The molecule has 32 heavy (non-hydrogen) atoms. The topological polar surface area (TPSA) is 92.8 Å². The predicted molar refractivity (Wildman–Crippen MR) is 125 cm³/mol. The van der Waals surface area contributed by atoms with Crippen molar-refractivity contribution in [2.45, 2.75) is 29.1 Å². The van der Waals surface area contributed by atoms with Crippen LogP contribution in [0.5, 0.6) is 0 Å². The molecule has 1 fully saturated rings. The number of esters is 1. The standard InChI is InChI=1S/C22H25ClN2O5S2/c23-20-10-9-18(32(28,29)25-12-4-5-13-25)15-19(20)22(27)30-16-21(26)24-11-6-14-31-17-7-2-1-3-8-17/h1-3,7-10,15H,4-6,11-14,16H2,(H,24,26). The maximum Gasteiger partial charge on any atom is 0.340 e. The van der Waals surface area contributed by atoms with Gasteiger partial charge >= 0.3 is 5.97 Å². The van der Waals surface area contributed by atoms with Crippen LogP contribution in [0, 0.1) is 0 Å². The van der Waals surface area contributed by atoms with Crippen molar-refractivity contribution >= 4 is 45.3 Å². The van der Waals surface area contributed by atoms with Crippen molar-refractivity contribution < 1.29 is 22.7 Å². The fraction of sp³-hybridized carbons (Fsp3) is 0.364. The first kappa shape index (κ1) is 24.6. The van der Waals surface area contributed by atoms with Crippen LogP contribution in [0.15, 0.2) is 58.3 Å². The lowest BCUT2D eigenvalue weighted by Gasteiger charge is -2.16. The lowest BCUT2D eigenvalue weighted by Crippen LogP contribution is -2.30. The van der Waals surface area contributed by atoms with Crippen molar-refractivity contribution in [1.29, 1.82) is 0 Å². The summed E-state index contributed by atoms with van der Waals surface area (Å²) in [6.07, 6.45) is 2.38. The lowest BCUT2D eigenvalue weighted by atomic mass is 10.2. The summed E-state index contributed by atoms with van der Waals surface area (Å²) in [6, 6.07) is 13.9. The van der Waals surface area contributed by atoms with Gasteiger partial charge in [-0.1, -0.05) is 29.8 Å². The summed E-state index contributed by atoms with van der Waals surface area (Å²) < 4.78 is 31.9. The van der Waals surface area contributed by atoms with Crippen LogP contribution in [0.3, 0.4) is 0 Å². The van der Waals surface area contributed by atoms with Crippen LogP contribution >= 0.6 is 23.4 Å². The number of halogens is 1. The highest BCUT2D eigenvalue weighted by Gasteiger charge is 2.28. The molecule has 0 unspecified atom stereocenters. The van der Waals surface area contributed by atoms with Gasteiger partial charge in [-0.05, 0) is 55.3 Å². The molecule has 2 aromatic carbocycles. The maximum atomic E-state index is 12.7. The minimum Gasteiger partial charge on any atom is -0.452 e. The molecule has 1 aliphatic rings. The van der Waals surface area contributed by atoms with Gasteiger partial charge in [-0.3, -0.25) is 4.79 Å². The van der Waals surface area contributed by atoms with Crippen LogP contribution in [0.1, 0.15) is 29.6 Å². The minimum absolute atomic E-state index is 0.0175. The third-order valence-electron chi connectivity index (χ3n) is 4.85. The molecule has 1 saturated heterocycles. The summed E-state index contributed by atoms with van der Waals surface area (Å²) in [7, 11) is -3.69. The Morgan fingerprint density at radius 1 is 1.09 bits per heavy atom. The zero-order chi connectivity index (χ0) is 23.0.